The van der Waals surface area contributed by atoms with Crippen molar-refractivity contribution in [2.24, 2.45) is 11.3 Å². The number of rotatable bonds is 0. The van der Waals surface area contributed by atoms with Crippen molar-refractivity contribution >= 4 is 0 Å². The fourth-order valence-electron chi connectivity index (χ4n) is 3.21. The summed E-state index contributed by atoms with van der Waals surface area (Å²) in [6, 6.07) is 2.33. The molecule has 0 spiro atoms. The van der Waals surface area contributed by atoms with Crippen LogP contribution in [0.25, 0.3) is 0 Å². The molecule has 3 aliphatic carbocycles. The molecule has 1 nitrogen and oxygen atoms in total. The molecule has 4 rings (SSSR count). The second-order valence-corrected chi connectivity index (χ2v) is 5.57. The smallest absolute Gasteiger partial charge is 0.0472 e. The Balaban J connectivity index is 2.11. The maximum absolute atomic E-state index is 4.63. The third-order valence-corrected chi connectivity index (χ3v) is 4.41. The van der Waals surface area contributed by atoms with E-state index in [0.717, 1.165) is 11.8 Å². The van der Waals surface area contributed by atoms with E-state index in [9.17, 15) is 0 Å². The molecule has 0 saturated heterocycles. The summed E-state index contributed by atoms with van der Waals surface area (Å²) in [4.78, 5) is 4.63. The van der Waals surface area contributed by atoms with Crippen LogP contribution in [0.15, 0.2) is 12.3 Å². The van der Waals surface area contributed by atoms with E-state index < -0.39 is 0 Å². The lowest BCUT2D eigenvalue weighted by Crippen LogP contribution is -2.48. The van der Waals surface area contributed by atoms with Crippen molar-refractivity contribution in [1.29, 1.82) is 0 Å². The molecular formula is C13H17N. The molecular weight excluding hydrogens is 170 g/mol. The summed E-state index contributed by atoms with van der Waals surface area (Å²) in [7, 11) is 0. The molecule has 2 atom stereocenters. The zero-order valence-electron chi connectivity index (χ0n) is 9.17. The Morgan fingerprint density at radius 1 is 1.43 bits per heavy atom. The van der Waals surface area contributed by atoms with Gasteiger partial charge in [-0.3, -0.25) is 4.98 Å². The number of hydrogen-bond donors (Lipinski definition) is 0. The quantitative estimate of drug-likeness (QED) is 0.608. The Labute approximate surface area is 85.6 Å². The molecule has 0 radical (unpaired) electrons. The van der Waals surface area contributed by atoms with E-state index in [1.165, 1.54) is 29.7 Å². The van der Waals surface area contributed by atoms with E-state index in [0.29, 0.717) is 5.41 Å². The second-order valence-electron chi connectivity index (χ2n) is 5.57. The summed E-state index contributed by atoms with van der Waals surface area (Å²) in [5, 5.41) is 0. The first-order chi connectivity index (χ1) is 6.59. The molecule has 1 heterocycles. The Bertz CT molecular complexity index is 392. The average Bonchev–Trinajstić information content (AvgIpc) is 2.16. The number of nitrogens with zero attached hydrogens (tertiary/aromatic N) is 1. The minimum absolute atomic E-state index is 0.509. The summed E-state index contributed by atoms with van der Waals surface area (Å²) in [6.07, 6.45) is 4.65. The van der Waals surface area contributed by atoms with Crippen molar-refractivity contribution in [3.63, 3.8) is 0 Å². The fraction of sp³-hybridized carbons (Fsp3) is 0.615. The molecule has 14 heavy (non-hydrogen) atoms. The minimum Gasteiger partial charge on any atom is -0.260 e. The average molecular weight is 187 g/mol. The van der Waals surface area contributed by atoms with Crippen LogP contribution in [0.1, 0.15) is 43.0 Å². The van der Waals surface area contributed by atoms with Crippen LogP contribution in [0.3, 0.4) is 0 Å². The van der Waals surface area contributed by atoms with Gasteiger partial charge in [-0.2, -0.15) is 0 Å². The van der Waals surface area contributed by atoms with Gasteiger partial charge in [0.15, 0.2) is 0 Å². The maximum atomic E-state index is 4.63. The van der Waals surface area contributed by atoms with Crippen LogP contribution in [-0.2, 0) is 6.42 Å². The lowest BCUT2D eigenvalue weighted by molar-refractivity contribution is 0.0154. The first kappa shape index (κ1) is 8.46. The van der Waals surface area contributed by atoms with Gasteiger partial charge < -0.3 is 0 Å². The topological polar surface area (TPSA) is 12.9 Å². The Morgan fingerprint density at radius 3 is 2.93 bits per heavy atom. The third-order valence-electron chi connectivity index (χ3n) is 4.41. The van der Waals surface area contributed by atoms with Gasteiger partial charge in [0.2, 0.25) is 0 Å². The molecule has 74 valence electrons. The highest BCUT2D eigenvalue weighted by Crippen LogP contribution is 2.61. The third kappa shape index (κ3) is 0.879. The van der Waals surface area contributed by atoms with Gasteiger partial charge in [0.1, 0.15) is 0 Å². The first-order valence-electron chi connectivity index (χ1n) is 5.54. The summed E-state index contributed by atoms with van der Waals surface area (Å²) in [5.74, 6) is 1.64. The molecule has 3 aliphatic rings. The van der Waals surface area contributed by atoms with Gasteiger partial charge in [-0.25, -0.2) is 0 Å². The number of hydrogen-bond acceptors (Lipinski definition) is 1. The lowest BCUT2D eigenvalue weighted by Gasteiger charge is -2.56. The van der Waals surface area contributed by atoms with Gasteiger partial charge >= 0.3 is 0 Å². The Kier molecular flexibility index (Phi) is 1.44. The molecule has 1 heteroatoms. The lowest BCUT2D eigenvalue weighted by atomic mass is 9.48. The van der Waals surface area contributed by atoms with Crippen molar-refractivity contribution in [1.82, 2.24) is 4.98 Å². The van der Waals surface area contributed by atoms with E-state index in [4.69, 9.17) is 0 Å². The van der Waals surface area contributed by atoms with E-state index in [2.05, 4.69) is 31.8 Å². The highest BCUT2D eigenvalue weighted by atomic mass is 14.7. The van der Waals surface area contributed by atoms with Crippen molar-refractivity contribution in [3.8, 4) is 0 Å². The number of aromatic nitrogens is 1. The molecule has 1 aromatic rings. The molecule has 1 saturated carbocycles. The molecule has 1 aromatic heterocycles. The monoisotopic (exact) mass is 187 g/mol. The molecule has 1 fully saturated rings. The van der Waals surface area contributed by atoms with Crippen molar-refractivity contribution in [2.75, 3.05) is 0 Å². The predicted octanol–water partition coefficient (Wildman–Crippen LogP) is 3.08. The molecule has 0 aliphatic heterocycles. The van der Waals surface area contributed by atoms with Crippen LogP contribution < -0.4 is 0 Å². The van der Waals surface area contributed by atoms with Gasteiger partial charge in [0, 0.05) is 17.8 Å². The van der Waals surface area contributed by atoms with E-state index >= 15 is 0 Å². The predicted molar refractivity (Wildman–Crippen MR) is 57.3 cm³/mol. The Hall–Kier alpha value is -0.850. The van der Waals surface area contributed by atoms with Crippen LogP contribution in [0.5, 0.6) is 0 Å². The van der Waals surface area contributed by atoms with Crippen molar-refractivity contribution < 1.29 is 0 Å². The number of pyridine rings is 1. The number of aryl methyl sites for hydroxylation is 1. The van der Waals surface area contributed by atoms with Crippen LogP contribution in [0.2, 0.25) is 0 Å². The Morgan fingerprint density at radius 2 is 2.21 bits per heavy atom. The van der Waals surface area contributed by atoms with E-state index in [-0.39, 0.29) is 0 Å². The highest BCUT2D eigenvalue weighted by Gasteiger charge is 2.53. The molecule has 2 bridgehead atoms. The molecule has 0 N–H and O–H groups in total. The first-order valence-corrected chi connectivity index (χ1v) is 5.54. The minimum atomic E-state index is 0.509. The van der Waals surface area contributed by atoms with Crippen LogP contribution >= 0.6 is 0 Å². The second kappa shape index (κ2) is 2.39. The standard InChI is InChI=1S/C13H17N/c1-8-4-9-5-10-6-11(13(10,2)3)12(9)14-7-8/h4,7,10-11H,5-6H2,1-3H3/t10-,11-/m0/s1. The molecule has 0 unspecified atom stereocenters. The highest BCUT2D eigenvalue weighted by molar-refractivity contribution is 5.36. The van der Waals surface area contributed by atoms with Gasteiger partial charge in [-0.05, 0) is 42.2 Å². The van der Waals surface area contributed by atoms with E-state index in [1.54, 1.807) is 0 Å². The fourth-order valence-corrected chi connectivity index (χ4v) is 3.21. The van der Waals surface area contributed by atoms with Gasteiger partial charge in [0.25, 0.3) is 0 Å². The van der Waals surface area contributed by atoms with Crippen LogP contribution in [0.4, 0.5) is 0 Å². The zero-order chi connectivity index (χ0) is 9.92. The molecule has 0 amide bonds. The summed E-state index contributed by atoms with van der Waals surface area (Å²) in [6.45, 7) is 6.94. The normalized spacial score (nSPS) is 31.9. The maximum Gasteiger partial charge on any atom is 0.0472 e. The summed E-state index contributed by atoms with van der Waals surface area (Å²) < 4.78 is 0. The van der Waals surface area contributed by atoms with Crippen LogP contribution in [-0.4, -0.2) is 4.98 Å². The summed E-state index contributed by atoms with van der Waals surface area (Å²) >= 11 is 0. The van der Waals surface area contributed by atoms with Crippen LogP contribution in [0, 0.1) is 18.3 Å². The molecule has 0 aromatic carbocycles. The largest absolute Gasteiger partial charge is 0.260 e. The summed E-state index contributed by atoms with van der Waals surface area (Å²) in [5.41, 5.74) is 4.73. The van der Waals surface area contributed by atoms with Crippen molar-refractivity contribution in [3.05, 3.63) is 29.1 Å². The van der Waals surface area contributed by atoms with Gasteiger partial charge in [-0.15, -0.1) is 0 Å². The van der Waals surface area contributed by atoms with Gasteiger partial charge in [0.05, 0.1) is 0 Å². The SMILES string of the molecule is Cc1cnc2c(c1)C[C@H]1C[C@@H]2C1(C)C. The van der Waals surface area contributed by atoms with Crippen molar-refractivity contribution in [2.45, 2.75) is 39.5 Å². The zero-order valence-corrected chi connectivity index (χ0v) is 9.17. The van der Waals surface area contributed by atoms with E-state index in [1.807, 2.05) is 6.20 Å². The van der Waals surface area contributed by atoms with Gasteiger partial charge in [-0.1, -0.05) is 19.9 Å².